The van der Waals surface area contributed by atoms with Crippen molar-refractivity contribution in [2.45, 2.75) is 36.3 Å². The second-order valence-electron chi connectivity index (χ2n) is 9.05. The molecule has 0 amide bonds. The molecule has 0 aromatic heterocycles. The molecular weight excluding hydrogens is 484 g/mol. The highest BCUT2D eigenvalue weighted by atomic mass is 16.7. The van der Waals surface area contributed by atoms with Gasteiger partial charge in [0, 0.05) is 28.8 Å². The van der Waals surface area contributed by atoms with Gasteiger partial charge in [-0.1, -0.05) is 18.2 Å². The number of aliphatic hydroxyl groups excluding tert-OH is 4. The molecule has 6 rings (SSSR count). The Morgan fingerprint density at radius 1 is 0.865 bits per heavy atom. The summed E-state index contributed by atoms with van der Waals surface area (Å²) in [6.45, 7) is -0.579. The Hall–Kier alpha value is -3.67. The molecule has 1 fully saturated rings. The number of benzene rings is 3. The molecule has 0 saturated carbocycles. The van der Waals surface area contributed by atoms with Gasteiger partial charge in [-0.05, 0) is 30.3 Å². The average Bonchev–Trinajstić information content (AvgIpc) is 3.21. The van der Waals surface area contributed by atoms with Gasteiger partial charge in [-0.25, -0.2) is 4.79 Å². The van der Waals surface area contributed by atoms with Crippen molar-refractivity contribution in [1.29, 1.82) is 0 Å². The molecule has 1 spiro atoms. The first-order valence-corrected chi connectivity index (χ1v) is 11.7. The highest BCUT2D eigenvalue weighted by Gasteiger charge is 2.53. The van der Waals surface area contributed by atoms with E-state index in [1.165, 1.54) is 7.11 Å². The largest absolute Gasteiger partial charge is 0.497 e. The molecular formula is C27H24O10. The smallest absolute Gasteiger partial charge is 0.340 e. The van der Waals surface area contributed by atoms with Crippen molar-refractivity contribution < 1.29 is 48.9 Å². The van der Waals surface area contributed by atoms with Crippen molar-refractivity contribution >= 4 is 5.97 Å². The number of carbonyl (C=O) groups is 1. The molecule has 37 heavy (non-hydrogen) atoms. The fraction of sp³-hybridized carbons (Fsp3) is 0.296. The maximum Gasteiger partial charge on any atom is 0.340 e. The van der Waals surface area contributed by atoms with E-state index < -0.39 is 48.9 Å². The van der Waals surface area contributed by atoms with E-state index in [1.807, 2.05) is 12.1 Å². The first-order chi connectivity index (χ1) is 17.9. The third-order valence-electron chi connectivity index (χ3n) is 6.99. The molecule has 0 bridgehead atoms. The lowest BCUT2D eigenvalue weighted by atomic mass is 9.77. The molecule has 3 aliphatic rings. The van der Waals surface area contributed by atoms with Crippen molar-refractivity contribution in [2.24, 2.45) is 0 Å². The lowest BCUT2D eigenvalue weighted by molar-refractivity contribution is -0.277. The van der Waals surface area contributed by atoms with Crippen molar-refractivity contribution in [3.8, 4) is 23.0 Å². The zero-order valence-corrected chi connectivity index (χ0v) is 19.6. The van der Waals surface area contributed by atoms with Crippen LogP contribution in [0.5, 0.6) is 23.0 Å². The van der Waals surface area contributed by atoms with Gasteiger partial charge in [0.25, 0.3) is 0 Å². The van der Waals surface area contributed by atoms with E-state index in [9.17, 15) is 25.2 Å². The van der Waals surface area contributed by atoms with E-state index in [4.69, 9.17) is 23.7 Å². The summed E-state index contributed by atoms with van der Waals surface area (Å²) in [5.74, 6) is 1.03. The van der Waals surface area contributed by atoms with Crippen molar-refractivity contribution in [3.63, 3.8) is 0 Å². The van der Waals surface area contributed by atoms with Gasteiger partial charge in [-0.3, -0.25) is 0 Å². The summed E-state index contributed by atoms with van der Waals surface area (Å²) in [6, 6.07) is 17.2. The quantitative estimate of drug-likeness (QED) is 0.382. The SMILES string of the molecule is COc1ccc2c(c1)Oc1cc(O[C@@H]3O[C@H](CO)[C@H](O)[C@H](O)[C@H]3O)ccc1C21OC(=O)c2ccccc21. The van der Waals surface area contributed by atoms with Gasteiger partial charge in [-0.15, -0.1) is 0 Å². The van der Waals surface area contributed by atoms with Crippen LogP contribution >= 0.6 is 0 Å². The second kappa shape index (κ2) is 8.72. The molecule has 3 aromatic carbocycles. The van der Waals surface area contributed by atoms with Crippen LogP contribution in [0.1, 0.15) is 27.0 Å². The summed E-state index contributed by atoms with van der Waals surface area (Å²) in [6.07, 6.45) is -7.15. The predicted octanol–water partition coefficient (Wildman–Crippen LogP) is 1.44. The van der Waals surface area contributed by atoms with Crippen LogP contribution in [0.25, 0.3) is 0 Å². The molecule has 10 nitrogen and oxygen atoms in total. The van der Waals surface area contributed by atoms with Gasteiger partial charge in [0.2, 0.25) is 6.29 Å². The zero-order valence-electron chi connectivity index (χ0n) is 19.6. The minimum Gasteiger partial charge on any atom is -0.497 e. The van der Waals surface area contributed by atoms with E-state index in [0.29, 0.717) is 39.5 Å². The van der Waals surface area contributed by atoms with Crippen molar-refractivity contribution in [3.05, 3.63) is 82.9 Å². The summed E-state index contributed by atoms with van der Waals surface area (Å²) in [7, 11) is 1.53. The van der Waals surface area contributed by atoms with Crippen LogP contribution in [-0.2, 0) is 15.1 Å². The minimum atomic E-state index is -1.58. The van der Waals surface area contributed by atoms with Crippen molar-refractivity contribution in [2.75, 3.05) is 13.7 Å². The molecule has 192 valence electrons. The molecule has 0 radical (unpaired) electrons. The van der Waals surface area contributed by atoms with E-state index in [0.717, 1.165) is 0 Å². The average molecular weight is 508 g/mol. The summed E-state index contributed by atoms with van der Waals surface area (Å²) in [5.41, 5.74) is 1.02. The van der Waals surface area contributed by atoms with Crippen LogP contribution in [0.4, 0.5) is 0 Å². The fourth-order valence-electron chi connectivity index (χ4n) is 5.14. The molecule has 4 N–H and O–H groups in total. The lowest BCUT2D eigenvalue weighted by Gasteiger charge is -2.40. The number of methoxy groups -OCH3 is 1. The standard InChI is InChI=1S/C27H24O10/c1-33-13-6-8-17-19(10-13)35-20-11-14(34-26-24(31)23(30)22(29)21(12-28)36-26)7-9-18(20)27(17)16-5-3-2-4-15(16)25(32)37-27/h2-11,21-24,26,28-31H,12H2,1H3/t21-,22+,23+,24-,26-,27?/m1/s1. The Labute approximate surface area is 211 Å². The molecule has 3 heterocycles. The third-order valence-corrected chi connectivity index (χ3v) is 6.99. The Kier molecular flexibility index (Phi) is 5.59. The van der Waals surface area contributed by atoms with Gasteiger partial charge in [0.1, 0.15) is 47.4 Å². The molecule has 3 aliphatic heterocycles. The first kappa shape index (κ1) is 23.7. The summed E-state index contributed by atoms with van der Waals surface area (Å²) >= 11 is 0. The van der Waals surface area contributed by atoms with Crippen LogP contribution in [0.15, 0.2) is 60.7 Å². The van der Waals surface area contributed by atoms with Gasteiger partial charge in [0.05, 0.1) is 19.3 Å². The number of ether oxygens (including phenoxy) is 5. The fourth-order valence-corrected chi connectivity index (χ4v) is 5.14. The number of aliphatic hydroxyl groups is 4. The maximum absolute atomic E-state index is 12.9. The number of hydrogen-bond acceptors (Lipinski definition) is 10. The predicted molar refractivity (Wildman–Crippen MR) is 126 cm³/mol. The molecule has 0 aliphatic carbocycles. The first-order valence-electron chi connectivity index (χ1n) is 11.7. The van der Waals surface area contributed by atoms with Crippen LogP contribution in [0.3, 0.4) is 0 Å². The van der Waals surface area contributed by atoms with E-state index >= 15 is 0 Å². The van der Waals surface area contributed by atoms with E-state index in [2.05, 4.69) is 0 Å². The normalized spacial score (nSPS) is 29.5. The second-order valence-corrected chi connectivity index (χ2v) is 9.05. The number of esters is 1. The Balaban J connectivity index is 1.44. The number of carbonyl (C=O) groups excluding carboxylic acids is 1. The topological polar surface area (TPSA) is 144 Å². The summed E-state index contributed by atoms with van der Waals surface area (Å²) in [4.78, 5) is 12.9. The zero-order chi connectivity index (χ0) is 25.9. The van der Waals surface area contributed by atoms with E-state index in [1.54, 1.807) is 48.5 Å². The summed E-state index contributed by atoms with van der Waals surface area (Å²) in [5, 5.41) is 40.0. The summed E-state index contributed by atoms with van der Waals surface area (Å²) < 4.78 is 28.9. The number of rotatable bonds is 4. The van der Waals surface area contributed by atoms with Crippen LogP contribution in [0.2, 0.25) is 0 Å². The lowest BCUT2D eigenvalue weighted by Crippen LogP contribution is -2.60. The highest BCUT2D eigenvalue weighted by molar-refractivity contribution is 5.97. The number of fused-ring (bicyclic) bond motifs is 6. The third kappa shape index (κ3) is 3.49. The van der Waals surface area contributed by atoms with Crippen molar-refractivity contribution in [1.82, 2.24) is 0 Å². The van der Waals surface area contributed by atoms with Gasteiger partial charge >= 0.3 is 5.97 Å². The molecule has 1 unspecified atom stereocenters. The van der Waals surface area contributed by atoms with Crippen LogP contribution < -0.4 is 14.2 Å². The Morgan fingerprint density at radius 2 is 1.54 bits per heavy atom. The van der Waals surface area contributed by atoms with Crippen LogP contribution in [-0.4, -0.2) is 70.8 Å². The number of hydrogen-bond donors (Lipinski definition) is 4. The molecule has 3 aromatic rings. The van der Waals surface area contributed by atoms with Gasteiger partial charge in [0.15, 0.2) is 5.60 Å². The Bertz CT molecular complexity index is 1370. The van der Waals surface area contributed by atoms with E-state index in [-0.39, 0.29) is 5.75 Å². The highest BCUT2D eigenvalue weighted by Crippen LogP contribution is 2.57. The molecule has 1 saturated heterocycles. The molecule has 10 heteroatoms. The maximum atomic E-state index is 12.9. The van der Waals surface area contributed by atoms with Gasteiger partial charge < -0.3 is 44.1 Å². The molecule has 6 atom stereocenters. The van der Waals surface area contributed by atoms with Gasteiger partial charge in [-0.2, -0.15) is 0 Å². The minimum absolute atomic E-state index is 0.210. The van der Waals surface area contributed by atoms with Crippen LogP contribution in [0, 0.1) is 0 Å². The monoisotopic (exact) mass is 508 g/mol. The Morgan fingerprint density at radius 3 is 2.24 bits per heavy atom.